The summed E-state index contributed by atoms with van der Waals surface area (Å²) < 4.78 is 5.25. The first kappa shape index (κ1) is 8.47. The molecule has 15 heavy (non-hydrogen) atoms. The van der Waals surface area contributed by atoms with Crippen LogP contribution >= 0.6 is 0 Å². The van der Waals surface area contributed by atoms with Crippen LogP contribution in [0, 0.1) is 0 Å². The molecule has 1 aromatic carbocycles. The molecular formula is C11H11N3O. The van der Waals surface area contributed by atoms with Crippen molar-refractivity contribution in [2.75, 3.05) is 5.73 Å². The van der Waals surface area contributed by atoms with Crippen LogP contribution in [0.5, 0.6) is 0 Å². The van der Waals surface area contributed by atoms with Gasteiger partial charge in [-0.05, 0) is 24.0 Å². The molecule has 2 aromatic rings. The average Bonchev–Trinajstić information content (AvgIpc) is 2.82. The van der Waals surface area contributed by atoms with Crippen molar-refractivity contribution in [2.45, 2.75) is 18.8 Å². The maximum atomic E-state index is 5.41. The van der Waals surface area contributed by atoms with Gasteiger partial charge in [0, 0.05) is 5.92 Å². The largest absolute Gasteiger partial charge is 0.408 e. The van der Waals surface area contributed by atoms with E-state index >= 15 is 0 Å². The third-order valence-electron chi connectivity index (χ3n) is 2.86. The van der Waals surface area contributed by atoms with E-state index in [2.05, 4.69) is 34.5 Å². The molecule has 1 aliphatic rings. The second-order valence-corrected chi connectivity index (χ2v) is 3.85. The molecule has 3 rings (SSSR count). The van der Waals surface area contributed by atoms with Crippen molar-refractivity contribution >= 4 is 6.01 Å². The van der Waals surface area contributed by atoms with Gasteiger partial charge < -0.3 is 10.2 Å². The van der Waals surface area contributed by atoms with Gasteiger partial charge in [-0.3, -0.25) is 0 Å². The molecule has 1 aliphatic carbocycles. The Morgan fingerprint density at radius 1 is 1.13 bits per heavy atom. The van der Waals surface area contributed by atoms with Crippen molar-refractivity contribution in [3.8, 4) is 0 Å². The summed E-state index contributed by atoms with van der Waals surface area (Å²) in [5.41, 5.74) is 8.16. The normalized spacial score (nSPS) is 15.5. The van der Waals surface area contributed by atoms with Crippen LogP contribution in [0.2, 0.25) is 0 Å². The molecule has 0 radical (unpaired) electrons. The number of nitrogen functional groups attached to an aromatic ring is 1. The third-order valence-corrected chi connectivity index (χ3v) is 2.86. The maximum absolute atomic E-state index is 5.41. The highest BCUT2D eigenvalue weighted by atomic mass is 16.4. The van der Waals surface area contributed by atoms with Crippen LogP contribution in [-0.2, 0) is 12.8 Å². The lowest BCUT2D eigenvalue weighted by Crippen LogP contribution is -1.97. The van der Waals surface area contributed by atoms with Crippen LogP contribution in [0.25, 0.3) is 0 Å². The van der Waals surface area contributed by atoms with E-state index in [0.717, 1.165) is 12.8 Å². The van der Waals surface area contributed by atoms with Crippen molar-refractivity contribution in [3.05, 3.63) is 41.3 Å². The molecule has 0 saturated carbocycles. The Bertz CT molecular complexity index is 467. The Labute approximate surface area is 87.1 Å². The van der Waals surface area contributed by atoms with Gasteiger partial charge in [-0.15, -0.1) is 5.10 Å². The molecule has 0 fully saturated rings. The fraction of sp³-hybridized carbons (Fsp3) is 0.273. The zero-order chi connectivity index (χ0) is 10.3. The summed E-state index contributed by atoms with van der Waals surface area (Å²) in [6.07, 6.45) is 1.94. The minimum Gasteiger partial charge on any atom is -0.408 e. The van der Waals surface area contributed by atoms with Gasteiger partial charge in [0.15, 0.2) is 0 Å². The van der Waals surface area contributed by atoms with Gasteiger partial charge >= 0.3 is 6.01 Å². The molecular weight excluding hydrogens is 190 g/mol. The van der Waals surface area contributed by atoms with Gasteiger partial charge in [0.25, 0.3) is 0 Å². The molecule has 0 aliphatic heterocycles. The Hall–Kier alpha value is -1.84. The number of benzene rings is 1. The first-order chi connectivity index (χ1) is 7.33. The quantitative estimate of drug-likeness (QED) is 0.760. The van der Waals surface area contributed by atoms with Crippen molar-refractivity contribution < 1.29 is 4.42 Å². The highest BCUT2D eigenvalue weighted by molar-refractivity contribution is 5.34. The highest BCUT2D eigenvalue weighted by Gasteiger charge is 2.26. The number of rotatable bonds is 1. The van der Waals surface area contributed by atoms with Gasteiger partial charge in [-0.1, -0.05) is 29.4 Å². The Morgan fingerprint density at radius 3 is 2.33 bits per heavy atom. The molecule has 0 unspecified atom stereocenters. The summed E-state index contributed by atoms with van der Waals surface area (Å²) in [6, 6.07) is 8.57. The van der Waals surface area contributed by atoms with Crippen molar-refractivity contribution in [2.24, 2.45) is 0 Å². The number of hydrogen-bond donors (Lipinski definition) is 1. The highest BCUT2D eigenvalue weighted by Crippen LogP contribution is 2.33. The molecule has 2 N–H and O–H groups in total. The molecule has 1 aromatic heterocycles. The summed E-state index contributed by atoms with van der Waals surface area (Å²) in [4.78, 5) is 0. The summed E-state index contributed by atoms with van der Waals surface area (Å²) in [5, 5.41) is 7.62. The monoisotopic (exact) mass is 201 g/mol. The topological polar surface area (TPSA) is 64.9 Å². The minimum atomic E-state index is 0.154. The zero-order valence-corrected chi connectivity index (χ0v) is 8.18. The van der Waals surface area contributed by atoms with E-state index in [4.69, 9.17) is 10.2 Å². The van der Waals surface area contributed by atoms with Gasteiger partial charge in [-0.25, -0.2) is 0 Å². The Balaban J connectivity index is 1.90. The number of aromatic nitrogens is 2. The molecule has 0 bridgehead atoms. The van der Waals surface area contributed by atoms with Crippen molar-refractivity contribution in [1.29, 1.82) is 0 Å². The standard InChI is InChI=1S/C11H11N3O/c12-11-14-13-10(15-11)9-5-7-3-1-2-4-8(7)6-9/h1-4,9H,5-6H2,(H2,12,14). The van der Waals surface area contributed by atoms with E-state index in [1.807, 2.05) is 0 Å². The number of nitrogens with two attached hydrogens (primary N) is 1. The summed E-state index contributed by atoms with van der Waals surface area (Å²) >= 11 is 0. The number of nitrogens with zero attached hydrogens (tertiary/aromatic N) is 2. The van der Waals surface area contributed by atoms with Gasteiger partial charge in [0.1, 0.15) is 0 Å². The molecule has 0 atom stereocenters. The summed E-state index contributed by atoms with van der Waals surface area (Å²) in [6.45, 7) is 0. The maximum Gasteiger partial charge on any atom is 0.312 e. The van der Waals surface area contributed by atoms with Crippen molar-refractivity contribution in [1.82, 2.24) is 10.2 Å². The summed E-state index contributed by atoms with van der Waals surface area (Å²) in [7, 11) is 0. The van der Waals surface area contributed by atoms with Crippen LogP contribution in [0.15, 0.2) is 28.7 Å². The SMILES string of the molecule is Nc1nnc(C2Cc3ccccc3C2)o1. The summed E-state index contributed by atoms with van der Waals surface area (Å²) in [5.74, 6) is 0.955. The second-order valence-electron chi connectivity index (χ2n) is 3.85. The van der Waals surface area contributed by atoms with E-state index < -0.39 is 0 Å². The fourth-order valence-corrected chi connectivity index (χ4v) is 2.14. The Morgan fingerprint density at radius 2 is 1.80 bits per heavy atom. The first-order valence-corrected chi connectivity index (χ1v) is 4.98. The van der Waals surface area contributed by atoms with Crippen LogP contribution in [-0.4, -0.2) is 10.2 Å². The lowest BCUT2D eigenvalue weighted by molar-refractivity contribution is 0.464. The van der Waals surface area contributed by atoms with Crippen LogP contribution in [0.3, 0.4) is 0 Å². The van der Waals surface area contributed by atoms with E-state index in [-0.39, 0.29) is 6.01 Å². The third kappa shape index (κ3) is 1.38. The molecule has 76 valence electrons. The Kier molecular flexibility index (Phi) is 1.74. The molecule has 4 nitrogen and oxygen atoms in total. The fourth-order valence-electron chi connectivity index (χ4n) is 2.14. The zero-order valence-electron chi connectivity index (χ0n) is 8.18. The van der Waals surface area contributed by atoms with Gasteiger partial charge in [0.05, 0.1) is 0 Å². The van der Waals surface area contributed by atoms with Gasteiger partial charge in [0.2, 0.25) is 5.89 Å². The van der Waals surface area contributed by atoms with Crippen LogP contribution < -0.4 is 5.73 Å². The number of fused-ring (bicyclic) bond motifs is 1. The molecule has 0 spiro atoms. The molecule has 4 heteroatoms. The molecule has 1 heterocycles. The molecule has 0 amide bonds. The van der Waals surface area contributed by atoms with E-state index in [1.165, 1.54) is 11.1 Å². The smallest absolute Gasteiger partial charge is 0.312 e. The van der Waals surface area contributed by atoms with Crippen molar-refractivity contribution in [3.63, 3.8) is 0 Å². The molecule has 0 saturated heterocycles. The van der Waals surface area contributed by atoms with Gasteiger partial charge in [-0.2, -0.15) is 0 Å². The first-order valence-electron chi connectivity index (χ1n) is 4.98. The van der Waals surface area contributed by atoms with Crippen LogP contribution in [0.4, 0.5) is 6.01 Å². The lowest BCUT2D eigenvalue weighted by Gasteiger charge is -2.00. The second kappa shape index (κ2) is 3.08. The number of hydrogen-bond acceptors (Lipinski definition) is 4. The predicted octanol–water partition coefficient (Wildman–Crippen LogP) is 1.53. The number of anilines is 1. The van der Waals surface area contributed by atoms with E-state index in [9.17, 15) is 0 Å². The minimum absolute atomic E-state index is 0.154. The van der Waals surface area contributed by atoms with Crippen LogP contribution in [0.1, 0.15) is 22.9 Å². The predicted molar refractivity (Wildman–Crippen MR) is 55.3 cm³/mol. The van der Waals surface area contributed by atoms with E-state index in [0.29, 0.717) is 11.8 Å². The lowest BCUT2D eigenvalue weighted by atomic mass is 10.1. The van der Waals surface area contributed by atoms with E-state index in [1.54, 1.807) is 0 Å². The average molecular weight is 201 g/mol.